The van der Waals surface area contributed by atoms with Crippen LogP contribution in [-0.4, -0.2) is 17.6 Å². The van der Waals surface area contributed by atoms with Crippen LogP contribution in [-0.2, 0) is 4.79 Å². The van der Waals surface area contributed by atoms with Gasteiger partial charge in [-0.15, -0.1) is 0 Å². The first-order valence-electron chi connectivity index (χ1n) is 7.88. The van der Waals surface area contributed by atoms with Crippen LogP contribution in [0.2, 0.25) is 15.1 Å². The lowest BCUT2D eigenvalue weighted by atomic mass is 9.97. The number of halogens is 3. The third-order valence-electron chi connectivity index (χ3n) is 3.78. The molecule has 0 aliphatic carbocycles. The van der Waals surface area contributed by atoms with Crippen molar-refractivity contribution in [2.45, 2.75) is 0 Å². The average Bonchev–Trinajstić information content (AvgIpc) is 2.66. The van der Waals surface area contributed by atoms with Gasteiger partial charge in [0.25, 0.3) is 0 Å². The number of ether oxygens (including phenoxy) is 1. The van der Waals surface area contributed by atoms with Gasteiger partial charge >= 0.3 is 0 Å². The number of carbonyl (C=O) groups excluding carboxylic acids is 1. The van der Waals surface area contributed by atoms with Gasteiger partial charge in [0.05, 0.1) is 16.7 Å². The van der Waals surface area contributed by atoms with Crippen LogP contribution in [0.5, 0.6) is 5.88 Å². The first-order valence-corrected chi connectivity index (χ1v) is 9.01. The highest BCUT2D eigenvalue weighted by Crippen LogP contribution is 2.38. The van der Waals surface area contributed by atoms with E-state index in [1.165, 1.54) is 0 Å². The molecule has 0 radical (unpaired) electrons. The van der Waals surface area contributed by atoms with Gasteiger partial charge in [-0.1, -0.05) is 46.9 Å². The lowest BCUT2D eigenvalue weighted by molar-refractivity contribution is -0.307. The van der Waals surface area contributed by atoms with Crippen LogP contribution < -0.4 is 9.84 Å². The van der Waals surface area contributed by atoms with E-state index in [0.717, 1.165) is 5.56 Å². The van der Waals surface area contributed by atoms with Crippen molar-refractivity contribution in [2.24, 2.45) is 0 Å². The molecule has 0 saturated heterocycles. The molecule has 0 amide bonds. The minimum Gasteiger partial charge on any atom is -0.546 e. The molecule has 3 aromatic rings. The predicted octanol–water partition coefficient (Wildman–Crippen LogP) is 4.38. The van der Waals surface area contributed by atoms with Crippen molar-refractivity contribution in [3.8, 4) is 34.3 Å². The SMILES string of the molecule is N#Cc1cc(-c2ccc(Cl)cc2)c(-c2ccc(Cl)cc2Cl)nc1OCC(=O)[O-]. The van der Waals surface area contributed by atoms with Gasteiger partial charge in [0.15, 0.2) is 0 Å². The summed E-state index contributed by atoms with van der Waals surface area (Å²) in [6.45, 7) is -0.740. The van der Waals surface area contributed by atoms with E-state index in [1.54, 1.807) is 48.5 Å². The summed E-state index contributed by atoms with van der Waals surface area (Å²) in [5.41, 5.74) is 2.34. The molecule has 0 aliphatic rings. The molecule has 0 aliphatic heterocycles. The number of nitriles is 1. The monoisotopic (exact) mass is 431 g/mol. The van der Waals surface area contributed by atoms with Gasteiger partial charge in [0, 0.05) is 21.2 Å². The maximum Gasteiger partial charge on any atom is 0.232 e. The normalized spacial score (nSPS) is 10.4. The third kappa shape index (κ3) is 4.37. The van der Waals surface area contributed by atoms with Gasteiger partial charge in [-0.05, 0) is 42.0 Å². The maximum atomic E-state index is 10.7. The van der Waals surface area contributed by atoms with E-state index in [0.29, 0.717) is 31.9 Å². The van der Waals surface area contributed by atoms with Crippen LogP contribution in [0.4, 0.5) is 0 Å². The van der Waals surface area contributed by atoms with Gasteiger partial charge < -0.3 is 14.6 Å². The maximum absolute atomic E-state index is 10.7. The molecule has 1 aromatic heterocycles. The summed E-state index contributed by atoms with van der Waals surface area (Å²) in [5, 5.41) is 21.5. The number of aliphatic carboxylic acids is 1. The summed E-state index contributed by atoms with van der Waals surface area (Å²) in [6, 6.07) is 15.4. The molecule has 0 bridgehead atoms. The molecule has 0 unspecified atom stereocenters. The summed E-state index contributed by atoms with van der Waals surface area (Å²) >= 11 is 18.3. The quantitative estimate of drug-likeness (QED) is 0.597. The number of carbonyl (C=O) groups is 1. The second-order valence-corrected chi connectivity index (χ2v) is 6.92. The summed E-state index contributed by atoms with van der Waals surface area (Å²) in [4.78, 5) is 15.1. The predicted molar refractivity (Wildman–Crippen MR) is 105 cm³/mol. The molecule has 0 atom stereocenters. The van der Waals surface area contributed by atoms with Crippen molar-refractivity contribution >= 4 is 40.8 Å². The van der Waals surface area contributed by atoms with Gasteiger partial charge in [-0.3, -0.25) is 0 Å². The summed E-state index contributed by atoms with van der Waals surface area (Å²) < 4.78 is 5.14. The van der Waals surface area contributed by atoms with Crippen LogP contribution in [0, 0.1) is 11.3 Å². The molecule has 2 aromatic carbocycles. The second kappa shape index (κ2) is 8.49. The molecule has 0 saturated carbocycles. The van der Waals surface area contributed by atoms with Gasteiger partial charge in [0.1, 0.15) is 18.2 Å². The fraction of sp³-hybridized carbons (Fsp3) is 0.0500. The molecule has 5 nitrogen and oxygen atoms in total. The number of benzene rings is 2. The Balaban J connectivity index is 2.25. The van der Waals surface area contributed by atoms with E-state index in [1.807, 2.05) is 6.07 Å². The van der Waals surface area contributed by atoms with Crippen LogP contribution >= 0.6 is 34.8 Å². The number of carboxylic acid groups (broad SMARTS) is 1. The average molecular weight is 433 g/mol. The van der Waals surface area contributed by atoms with Crippen LogP contribution in [0.1, 0.15) is 5.56 Å². The Labute approximate surface area is 175 Å². The van der Waals surface area contributed by atoms with E-state index in [4.69, 9.17) is 39.5 Å². The highest BCUT2D eigenvalue weighted by atomic mass is 35.5. The molecule has 28 heavy (non-hydrogen) atoms. The molecular formula is C20H10Cl3N2O3-. The van der Waals surface area contributed by atoms with Gasteiger partial charge in [-0.25, -0.2) is 4.98 Å². The zero-order valence-corrected chi connectivity index (χ0v) is 16.3. The van der Waals surface area contributed by atoms with Crippen molar-refractivity contribution in [3.05, 3.63) is 69.2 Å². The lowest BCUT2D eigenvalue weighted by Crippen LogP contribution is -2.29. The largest absolute Gasteiger partial charge is 0.546 e. The van der Waals surface area contributed by atoms with Crippen molar-refractivity contribution in [3.63, 3.8) is 0 Å². The zero-order valence-electron chi connectivity index (χ0n) is 14.1. The molecule has 0 spiro atoms. The van der Waals surface area contributed by atoms with E-state index in [-0.39, 0.29) is 11.4 Å². The molecular weight excluding hydrogens is 423 g/mol. The fourth-order valence-corrected chi connectivity index (χ4v) is 3.17. The Morgan fingerprint density at radius 2 is 1.71 bits per heavy atom. The Morgan fingerprint density at radius 3 is 2.32 bits per heavy atom. The Hall–Kier alpha value is -2.78. The second-order valence-electron chi connectivity index (χ2n) is 5.64. The van der Waals surface area contributed by atoms with Crippen LogP contribution in [0.25, 0.3) is 22.4 Å². The minimum absolute atomic E-state index is 0.0695. The van der Waals surface area contributed by atoms with Crippen molar-refractivity contribution < 1.29 is 14.6 Å². The molecule has 140 valence electrons. The van der Waals surface area contributed by atoms with Crippen LogP contribution in [0.15, 0.2) is 48.5 Å². The first-order chi connectivity index (χ1) is 13.4. The third-order valence-corrected chi connectivity index (χ3v) is 4.58. The zero-order chi connectivity index (χ0) is 20.3. The summed E-state index contributed by atoms with van der Waals surface area (Å²) in [6.07, 6.45) is 0. The van der Waals surface area contributed by atoms with E-state index >= 15 is 0 Å². The molecule has 0 N–H and O–H groups in total. The van der Waals surface area contributed by atoms with Crippen molar-refractivity contribution in [1.29, 1.82) is 5.26 Å². The molecule has 8 heteroatoms. The highest BCUT2D eigenvalue weighted by Gasteiger charge is 2.18. The molecule has 0 fully saturated rings. The van der Waals surface area contributed by atoms with E-state index < -0.39 is 12.6 Å². The van der Waals surface area contributed by atoms with Crippen LogP contribution in [0.3, 0.4) is 0 Å². The Morgan fingerprint density at radius 1 is 1.04 bits per heavy atom. The number of nitrogens with zero attached hydrogens (tertiary/aromatic N) is 2. The summed E-state index contributed by atoms with van der Waals surface area (Å²) in [7, 11) is 0. The number of hydrogen-bond acceptors (Lipinski definition) is 5. The highest BCUT2D eigenvalue weighted by molar-refractivity contribution is 6.36. The fourth-order valence-electron chi connectivity index (χ4n) is 2.55. The summed E-state index contributed by atoms with van der Waals surface area (Å²) in [5.74, 6) is -1.57. The smallest absolute Gasteiger partial charge is 0.232 e. The van der Waals surface area contributed by atoms with E-state index in [9.17, 15) is 15.2 Å². The minimum atomic E-state index is -1.43. The Kier molecular flexibility index (Phi) is 6.05. The molecule has 1 heterocycles. The number of pyridine rings is 1. The lowest BCUT2D eigenvalue weighted by Gasteiger charge is -2.15. The molecule has 3 rings (SSSR count). The van der Waals surface area contributed by atoms with Gasteiger partial charge in [-0.2, -0.15) is 5.26 Å². The van der Waals surface area contributed by atoms with E-state index in [2.05, 4.69) is 4.98 Å². The van der Waals surface area contributed by atoms with Crippen molar-refractivity contribution in [1.82, 2.24) is 4.98 Å². The Bertz CT molecular complexity index is 1090. The first kappa shape index (κ1) is 20.0. The van der Waals surface area contributed by atoms with Gasteiger partial charge in [0.2, 0.25) is 5.88 Å². The number of carboxylic acids is 1. The number of rotatable bonds is 5. The number of hydrogen-bond donors (Lipinski definition) is 0. The topological polar surface area (TPSA) is 86.0 Å². The van der Waals surface area contributed by atoms with Crippen molar-refractivity contribution in [2.75, 3.05) is 6.61 Å². The number of aromatic nitrogens is 1. The standard InChI is InChI=1S/C20H11Cl3N2O3/c21-13-3-1-11(2-4-13)16-7-12(9-24)20(28-10-18(26)27)25-19(16)15-6-5-14(22)8-17(15)23/h1-8H,10H2,(H,26,27)/p-1.